The molecule has 0 fully saturated rings. The zero-order valence-corrected chi connectivity index (χ0v) is 27.0. The number of hydrogen-bond acceptors (Lipinski definition) is 7. The average Bonchev–Trinajstić information content (AvgIpc) is 3.06. The standard InChI is InChI=1S/C34H39N3O7S/c1-6-16-37(17-7-2)45(40,41)27-14-12-23(13-15-27)33(38)36-30-19-25-11-9-8-10-24(25)18-28(30)34(39)35-22-29-31(43-4)20-26(42-3)21-32(29)44-5/h8-15,18-21H,6-7,16-17,22H2,1-5H3,(H,35,39)(H,36,38). The van der Waals surface area contributed by atoms with Crippen LogP contribution in [-0.4, -0.2) is 59.0 Å². The lowest BCUT2D eigenvalue weighted by Crippen LogP contribution is -2.32. The molecule has 0 heterocycles. The van der Waals surface area contributed by atoms with Crippen molar-refractivity contribution in [2.45, 2.75) is 38.1 Å². The molecule has 4 aromatic carbocycles. The van der Waals surface area contributed by atoms with E-state index >= 15 is 0 Å². The summed E-state index contributed by atoms with van der Waals surface area (Å²) in [5, 5.41) is 7.42. The number of carbonyl (C=O) groups is 2. The number of benzene rings is 4. The minimum Gasteiger partial charge on any atom is -0.496 e. The summed E-state index contributed by atoms with van der Waals surface area (Å²) in [4.78, 5) is 27.1. The quantitative estimate of drug-likeness (QED) is 0.178. The number of nitrogens with one attached hydrogen (secondary N) is 2. The minimum absolute atomic E-state index is 0.0817. The number of sulfonamides is 1. The van der Waals surface area contributed by atoms with Crippen molar-refractivity contribution >= 4 is 38.3 Å². The predicted octanol–water partition coefficient (Wildman–Crippen LogP) is 5.86. The van der Waals surface area contributed by atoms with Crippen LogP contribution in [-0.2, 0) is 16.6 Å². The molecule has 0 unspecified atom stereocenters. The van der Waals surface area contributed by atoms with Crippen LogP contribution in [0.25, 0.3) is 10.8 Å². The van der Waals surface area contributed by atoms with Crippen LogP contribution in [0.3, 0.4) is 0 Å². The van der Waals surface area contributed by atoms with Crippen LogP contribution in [0, 0.1) is 0 Å². The maximum atomic E-state index is 13.6. The summed E-state index contributed by atoms with van der Waals surface area (Å²) in [5.74, 6) is 0.598. The summed E-state index contributed by atoms with van der Waals surface area (Å²) in [6.07, 6.45) is 1.39. The van der Waals surface area contributed by atoms with Crippen LogP contribution in [0.2, 0.25) is 0 Å². The summed E-state index contributed by atoms with van der Waals surface area (Å²) >= 11 is 0. The van der Waals surface area contributed by atoms with E-state index in [-0.39, 0.29) is 22.6 Å². The maximum Gasteiger partial charge on any atom is 0.255 e. The van der Waals surface area contributed by atoms with Crippen LogP contribution in [0.15, 0.2) is 77.7 Å². The molecule has 4 rings (SSSR count). The van der Waals surface area contributed by atoms with E-state index in [1.165, 1.54) is 49.9 Å². The van der Waals surface area contributed by atoms with Crippen molar-refractivity contribution in [2.24, 2.45) is 0 Å². The molecule has 0 aliphatic carbocycles. The number of nitrogens with zero attached hydrogens (tertiary/aromatic N) is 1. The summed E-state index contributed by atoms with van der Waals surface area (Å²) in [6, 6.07) is 20.2. The van der Waals surface area contributed by atoms with Crippen LogP contribution in [0.5, 0.6) is 17.2 Å². The second kappa shape index (κ2) is 14.9. The molecule has 0 saturated heterocycles. The summed E-state index contributed by atoms with van der Waals surface area (Å²) < 4.78 is 44.1. The normalized spacial score (nSPS) is 11.3. The Labute approximate surface area is 264 Å². The lowest BCUT2D eigenvalue weighted by atomic mass is 10.0. The van der Waals surface area contributed by atoms with E-state index in [1.807, 2.05) is 38.1 Å². The number of methoxy groups -OCH3 is 3. The van der Waals surface area contributed by atoms with E-state index in [2.05, 4.69) is 10.6 Å². The molecule has 45 heavy (non-hydrogen) atoms. The van der Waals surface area contributed by atoms with Crippen molar-refractivity contribution in [3.05, 3.63) is 89.5 Å². The van der Waals surface area contributed by atoms with Gasteiger partial charge in [-0.25, -0.2) is 8.42 Å². The molecule has 0 saturated carbocycles. The van der Waals surface area contributed by atoms with E-state index in [0.29, 0.717) is 54.4 Å². The molecule has 10 nitrogen and oxygen atoms in total. The highest BCUT2D eigenvalue weighted by Crippen LogP contribution is 2.34. The first kappa shape index (κ1) is 33.3. The van der Waals surface area contributed by atoms with Gasteiger partial charge >= 0.3 is 0 Å². The molecule has 0 spiro atoms. The summed E-state index contributed by atoms with van der Waals surface area (Å²) in [7, 11) is 0.887. The molecule has 0 aliphatic rings. The Kier molecular flexibility index (Phi) is 11.0. The fourth-order valence-corrected chi connectivity index (χ4v) is 6.64. The largest absolute Gasteiger partial charge is 0.496 e. The van der Waals surface area contributed by atoms with Gasteiger partial charge in [0.05, 0.1) is 49.6 Å². The van der Waals surface area contributed by atoms with E-state index in [1.54, 1.807) is 24.3 Å². The predicted molar refractivity (Wildman–Crippen MR) is 175 cm³/mol. The second-order valence-corrected chi connectivity index (χ2v) is 12.3. The Hall–Kier alpha value is -4.61. The highest BCUT2D eigenvalue weighted by atomic mass is 32.2. The first-order chi connectivity index (χ1) is 21.7. The minimum atomic E-state index is -3.69. The van der Waals surface area contributed by atoms with Crippen molar-refractivity contribution in [3.63, 3.8) is 0 Å². The summed E-state index contributed by atoms with van der Waals surface area (Å²) in [6.45, 7) is 4.78. The molecular formula is C34H39N3O7S. The lowest BCUT2D eigenvalue weighted by Gasteiger charge is -2.21. The molecular weight excluding hydrogens is 594 g/mol. The molecule has 0 atom stereocenters. The molecule has 0 bridgehead atoms. The monoisotopic (exact) mass is 633 g/mol. The number of amides is 2. The number of fused-ring (bicyclic) bond motifs is 1. The smallest absolute Gasteiger partial charge is 0.255 e. The summed E-state index contributed by atoms with van der Waals surface area (Å²) in [5.41, 5.74) is 1.42. The van der Waals surface area contributed by atoms with Crippen LogP contribution >= 0.6 is 0 Å². The molecule has 238 valence electrons. The fraction of sp³-hybridized carbons (Fsp3) is 0.294. The van der Waals surface area contributed by atoms with Crippen LogP contribution in [0.1, 0.15) is 53.0 Å². The van der Waals surface area contributed by atoms with Crippen molar-refractivity contribution in [2.75, 3.05) is 39.7 Å². The second-order valence-electron chi connectivity index (χ2n) is 10.3. The molecule has 4 aromatic rings. The Morgan fingerprint density at radius 1 is 0.756 bits per heavy atom. The number of carbonyl (C=O) groups excluding carboxylic acids is 2. The lowest BCUT2D eigenvalue weighted by molar-refractivity contribution is 0.0951. The van der Waals surface area contributed by atoms with Gasteiger partial charge in [-0.2, -0.15) is 4.31 Å². The van der Waals surface area contributed by atoms with Gasteiger partial charge in [-0.15, -0.1) is 0 Å². The van der Waals surface area contributed by atoms with Crippen molar-refractivity contribution in [1.82, 2.24) is 9.62 Å². The topological polar surface area (TPSA) is 123 Å². The third-order valence-corrected chi connectivity index (χ3v) is 9.23. The maximum absolute atomic E-state index is 13.6. The van der Waals surface area contributed by atoms with Gasteiger partial charge in [0.25, 0.3) is 11.8 Å². The van der Waals surface area contributed by atoms with Crippen LogP contribution in [0.4, 0.5) is 5.69 Å². The average molecular weight is 634 g/mol. The molecule has 0 radical (unpaired) electrons. The Morgan fingerprint density at radius 3 is 1.87 bits per heavy atom. The van der Waals surface area contributed by atoms with Gasteiger partial charge in [-0.3, -0.25) is 9.59 Å². The van der Waals surface area contributed by atoms with Crippen LogP contribution < -0.4 is 24.8 Å². The highest BCUT2D eigenvalue weighted by molar-refractivity contribution is 7.89. The third kappa shape index (κ3) is 7.55. The SMILES string of the molecule is CCCN(CCC)S(=O)(=O)c1ccc(C(=O)Nc2cc3ccccc3cc2C(=O)NCc2c(OC)cc(OC)cc2OC)cc1. The first-order valence-electron chi connectivity index (χ1n) is 14.7. The van der Waals surface area contributed by atoms with E-state index in [9.17, 15) is 18.0 Å². The van der Waals surface area contributed by atoms with Gasteiger partial charge in [-0.1, -0.05) is 38.1 Å². The highest BCUT2D eigenvalue weighted by Gasteiger charge is 2.24. The van der Waals surface area contributed by atoms with Gasteiger partial charge in [0.1, 0.15) is 17.2 Å². The molecule has 2 N–H and O–H groups in total. The zero-order valence-electron chi connectivity index (χ0n) is 26.2. The third-order valence-electron chi connectivity index (χ3n) is 7.32. The Balaban J connectivity index is 1.61. The van der Waals surface area contributed by atoms with Gasteiger partial charge in [-0.05, 0) is 60.0 Å². The van der Waals surface area contributed by atoms with E-state index in [0.717, 1.165) is 10.8 Å². The molecule has 11 heteroatoms. The Bertz CT molecular complexity index is 1740. The number of rotatable bonds is 14. The van der Waals surface area contributed by atoms with Gasteiger partial charge in [0.2, 0.25) is 10.0 Å². The van der Waals surface area contributed by atoms with Gasteiger partial charge in [0.15, 0.2) is 0 Å². The van der Waals surface area contributed by atoms with Crippen molar-refractivity contribution < 1.29 is 32.2 Å². The van der Waals surface area contributed by atoms with Gasteiger partial charge in [0, 0.05) is 30.8 Å². The number of ether oxygens (including phenoxy) is 3. The zero-order chi connectivity index (χ0) is 32.6. The fourth-order valence-electron chi connectivity index (χ4n) is 5.02. The molecule has 0 aromatic heterocycles. The van der Waals surface area contributed by atoms with E-state index < -0.39 is 21.8 Å². The first-order valence-corrected chi connectivity index (χ1v) is 16.1. The number of hydrogen-bond donors (Lipinski definition) is 2. The van der Waals surface area contributed by atoms with E-state index in [4.69, 9.17) is 14.2 Å². The molecule has 2 amide bonds. The van der Waals surface area contributed by atoms with Crippen molar-refractivity contribution in [1.29, 1.82) is 0 Å². The van der Waals surface area contributed by atoms with Gasteiger partial charge < -0.3 is 24.8 Å². The number of anilines is 1. The Morgan fingerprint density at radius 2 is 1.33 bits per heavy atom. The van der Waals surface area contributed by atoms with Crippen molar-refractivity contribution in [3.8, 4) is 17.2 Å². The molecule has 0 aliphatic heterocycles.